The quantitative estimate of drug-likeness (QED) is 0.396. The summed E-state index contributed by atoms with van der Waals surface area (Å²) in [5.74, 6) is 0.733. The average molecular weight is 511 g/mol. The molecular weight excluding hydrogens is 478 g/mol. The number of rotatable bonds is 7. The van der Waals surface area contributed by atoms with E-state index in [1.54, 1.807) is 0 Å². The summed E-state index contributed by atoms with van der Waals surface area (Å²) in [6, 6.07) is 5.94. The van der Waals surface area contributed by atoms with E-state index in [1.165, 1.54) is 12.8 Å². The van der Waals surface area contributed by atoms with Gasteiger partial charge in [-0.2, -0.15) is 0 Å². The van der Waals surface area contributed by atoms with Gasteiger partial charge in [-0.25, -0.2) is 9.78 Å². The van der Waals surface area contributed by atoms with Crippen molar-refractivity contribution in [2.75, 3.05) is 11.9 Å². The number of imidazole rings is 1. The number of hydrogen-bond acceptors (Lipinski definition) is 4. The van der Waals surface area contributed by atoms with Crippen LogP contribution in [0.3, 0.4) is 0 Å². The van der Waals surface area contributed by atoms with Crippen molar-refractivity contribution in [1.82, 2.24) is 9.55 Å². The Bertz CT molecular complexity index is 920. The van der Waals surface area contributed by atoms with Gasteiger partial charge in [0.2, 0.25) is 0 Å². The molecule has 7 heteroatoms. The lowest BCUT2D eigenvalue weighted by Crippen LogP contribution is -2.29. The molecule has 1 fully saturated rings. The highest BCUT2D eigenvalue weighted by atomic mass is 79.9. The zero-order chi connectivity index (χ0) is 22.7. The number of carbonyl (C=O) groups excluding carboxylic acids is 1. The number of nitrogens with one attached hydrogen (secondary N) is 1. The second-order valence-electron chi connectivity index (χ2n) is 8.90. The molecule has 0 bridgehead atoms. The highest BCUT2D eigenvalue weighted by Crippen LogP contribution is 2.42. The SMILES string of the molecule is CCOC(=O)c1nc(Br)n(C(C)C)c1C(Nc1cc(Cl)ccc1C)C1CCC(C)CC1. The van der Waals surface area contributed by atoms with Crippen molar-refractivity contribution in [2.45, 2.75) is 72.4 Å². The van der Waals surface area contributed by atoms with Gasteiger partial charge < -0.3 is 14.6 Å². The number of benzene rings is 1. The van der Waals surface area contributed by atoms with Crippen molar-refractivity contribution in [1.29, 1.82) is 0 Å². The first kappa shape index (κ1) is 24.1. The Hall–Kier alpha value is -1.53. The van der Waals surface area contributed by atoms with Crippen LogP contribution in [0.1, 0.15) is 87.2 Å². The number of nitrogens with zero attached hydrogens (tertiary/aromatic N) is 2. The van der Waals surface area contributed by atoms with Crippen LogP contribution < -0.4 is 5.32 Å². The maximum Gasteiger partial charge on any atom is 0.358 e. The van der Waals surface area contributed by atoms with Gasteiger partial charge in [-0.05, 0) is 86.0 Å². The van der Waals surface area contributed by atoms with Gasteiger partial charge in [-0.1, -0.05) is 37.4 Å². The van der Waals surface area contributed by atoms with Crippen LogP contribution in [0.5, 0.6) is 0 Å². The third-order valence-electron chi connectivity index (χ3n) is 6.23. The molecule has 1 atom stereocenters. The van der Waals surface area contributed by atoms with Crippen LogP contribution in [0.2, 0.25) is 5.02 Å². The van der Waals surface area contributed by atoms with Crippen LogP contribution in [0.15, 0.2) is 22.9 Å². The minimum Gasteiger partial charge on any atom is -0.461 e. The maximum atomic E-state index is 12.9. The van der Waals surface area contributed by atoms with Crippen LogP contribution in [0.25, 0.3) is 0 Å². The fourth-order valence-corrected chi connectivity index (χ4v) is 5.45. The summed E-state index contributed by atoms with van der Waals surface area (Å²) in [6.45, 7) is 10.7. The number of hydrogen-bond donors (Lipinski definition) is 1. The molecular formula is C24H33BrClN3O2. The molecule has 1 N–H and O–H groups in total. The highest BCUT2D eigenvalue weighted by molar-refractivity contribution is 9.10. The van der Waals surface area contributed by atoms with Crippen LogP contribution in [-0.4, -0.2) is 22.1 Å². The zero-order valence-electron chi connectivity index (χ0n) is 19.0. The number of carbonyl (C=O) groups is 1. The monoisotopic (exact) mass is 509 g/mol. The minimum absolute atomic E-state index is 0.0785. The summed E-state index contributed by atoms with van der Waals surface area (Å²) >= 11 is 9.92. The minimum atomic E-state index is -0.378. The van der Waals surface area contributed by atoms with Crippen molar-refractivity contribution >= 4 is 39.2 Å². The Kier molecular flexibility index (Phi) is 8.08. The summed E-state index contributed by atoms with van der Waals surface area (Å²) in [5, 5.41) is 4.45. The first-order valence-electron chi connectivity index (χ1n) is 11.2. The van der Waals surface area contributed by atoms with Gasteiger partial charge >= 0.3 is 5.97 Å². The van der Waals surface area contributed by atoms with Gasteiger partial charge in [0.25, 0.3) is 0 Å². The Morgan fingerprint density at radius 2 is 2.00 bits per heavy atom. The van der Waals surface area contributed by atoms with Gasteiger partial charge in [0, 0.05) is 16.8 Å². The third kappa shape index (κ3) is 5.46. The lowest BCUT2D eigenvalue weighted by molar-refractivity contribution is 0.0517. The molecule has 0 radical (unpaired) electrons. The zero-order valence-corrected chi connectivity index (χ0v) is 21.4. The summed E-state index contributed by atoms with van der Waals surface area (Å²) < 4.78 is 8.14. The van der Waals surface area contributed by atoms with E-state index in [-0.39, 0.29) is 18.1 Å². The first-order chi connectivity index (χ1) is 14.7. The van der Waals surface area contributed by atoms with E-state index in [1.807, 2.05) is 25.1 Å². The molecule has 1 aromatic heterocycles. The van der Waals surface area contributed by atoms with Gasteiger partial charge in [-0.3, -0.25) is 0 Å². The third-order valence-corrected chi connectivity index (χ3v) is 7.02. The van der Waals surface area contributed by atoms with E-state index in [4.69, 9.17) is 16.3 Å². The van der Waals surface area contributed by atoms with Crippen molar-refractivity contribution in [3.8, 4) is 0 Å². The van der Waals surface area contributed by atoms with Gasteiger partial charge in [0.15, 0.2) is 10.4 Å². The van der Waals surface area contributed by atoms with Crippen molar-refractivity contribution in [3.05, 3.63) is 44.9 Å². The number of halogens is 2. The van der Waals surface area contributed by atoms with E-state index in [2.05, 4.69) is 58.5 Å². The molecule has 1 aromatic carbocycles. The van der Waals surface area contributed by atoms with E-state index in [0.29, 0.717) is 28.0 Å². The van der Waals surface area contributed by atoms with Gasteiger partial charge in [0.1, 0.15) is 0 Å². The molecule has 5 nitrogen and oxygen atoms in total. The topological polar surface area (TPSA) is 56.1 Å². The lowest BCUT2D eigenvalue weighted by Gasteiger charge is -2.35. The molecule has 1 saturated carbocycles. The fourth-order valence-electron chi connectivity index (χ4n) is 4.50. The lowest BCUT2D eigenvalue weighted by atomic mass is 9.78. The molecule has 31 heavy (non-hydrogen) atoms. The predicted octanol–water partition coefficient (Wildman–Crippen LogP) is 7.34. The molecule has 0 saturated heterocycles. The molecule has 1 aliphatic carbocycles. The Morgan fingerprint density at radius 3 is 2.61 bits per heavy atom. The van der Waals surface area contributed by atoms with Crippen molar-refractivity contribution in [2.24, 2.45) is 11.8 Å². The van der Waals surface area contributed by atoms with E-state index < -0.39 is 0 Å². The van der Waals surface area contributed by atoms with E-state index in [0.717, 1.165) is 35.7 Å². The predicted molar refractivity (Wildman–Crippen MR) is 130 cm³/mol. The second kappa shape index (κ2) is 10.4. The van der Waals surface area contributed by atoms with Crippen LogP contribution in [-0.2, 0) is 4.74 Å². The summed E-state index contributed by atoms with van der Waals surface area (Å²) in [5.41, 5.74) is 3.38. The normalized spacial score (nSPS) is 20.0. The molecule has 1 aliphatic rings. The molecule has 0 spiro atoms. The Balaban J connectivity index is 2.14. The average Bonchev–Trinajstić information content (AvgIpc) is 3.07. The van der Waals surface area contributed by atoms with Gasteiger partial charge in [0.05, 0.1) is 18.3 Å². The number of aromatic nitrogens is 2. The van der Waals surface area contributed by atoms with Gasteiger partial charge in [-0.15, -0.1) is 0 Å². The molecule has 0 amide bonds. The van der Waals surface area contributed by atoms with Crippen LogP contribution >= 0.6 is 27.5 Å². The molecule has 3 rings (SSSR count). The van der Waals surface area contributed by atoms with E-state index in [9.17, 15) is 4.79 Å². The molecule has 1 unspecified atom stereocenters. The van der Waals surface area contributed by atoms with Crippen LogP contribution in [0.4, 0.5) is 5.69 Å². The molecule has 170 valence electrons. The molecule has 2 aromatic rings. The smallest absolute Gasteiger partial charge is 0.358 e. The summed E-state index contributed by atoms with van der Waals surface area (Å²) in [4.78, 5) is 17.5. The van der Waals surface area contributed by atoms with Crippen molar-refractivity contribution in [3.63, 3.8) is 0 Å². The number of ether oxygens (including phenoxy) is 1. The standard InChI is InChI=1S/C24H33BrClN3O2/c1-6-31-23(30)21-22(29(14(2)3)24(25)28-21)20(17-10-7-15(4)8-11-17)27-19-13-18(26)12-9-16(19)5/h9,12-15,17,20,27H,6-8,10-11H2,1-5H3. The first-order valence-corrected chi connectivity index (χ1v) is 12.4. The van der Waals surface area contributed by atoms with Crippen molar-refractivity contribution < 1.29 is 9.53 Å². The van der Waals surface area contributed by atoms with E-state index >= 15 is 0 Å². The fraction of sp³-hybridized carbons (Fsp3) is 0.583. The summed E-state index contributed by atoms with van der Waals surface area (Å²) in [6.07, 6.45) is 4.56. The largest absolute Gasteiger partial charge is 0.461 e. The molecule has 1 heterocycles. The Labute approximate surface area is 199 Å². The summed E-state index contributed by atoms with van der Waals surface area (Å²) in [7, 11) is 0. The number of anilines is 1. The number of aryl methyl sites for hydroxylation is 1. The molecule has 0 aliphatic heterocycles. The van der Waals surface area contributed by atoms with Crippen LogP contribution in [0, 0.1) is 18.8 Å². The maximum absolute atomic E-state index is 12.9. The second-order valence-corrected chi connectivity index (χ2v) is 10.0. The number of esters is 1. The highest BCUT2D eigenvalue weighted by Gasteiger charge is 2.36. The Morgan fingerprint density at radius 1 is 1.32 bits per heavy atom.